The Kier molecular flexibility index (Phi) is 3.60. The van der Waals surface area contributed by atoms with Gasteiger partial charge in [0.05, 0.1) is 0 Å². The number of carbonyl (C=O) groups excluding carboxylic acids is 1. The Bertz CT molecular complexity index is 479. The van der Waals surface area contributed by atoms with Crippen LogP contribution in [0.15, 0.2) is 30.3 Å². The smallest absolute Gasteiger partial charge is 0.324 e. The molecule has 19 heavy (non-hydrogen) atoms. The van der Waals surface area contributed by atoms with Gasteiger partial charge in [0.15, 0.2) is 5.41 Å². The molecule has 0 aliphatic carbocycles. The summed E-state index contributed by atoms with van der Waals surface area (Å²) in [6.07, 6.45) is 0.953. The minimum absolute atomic E-state index is 0.285. The molecule has 1 heterocycles. The Morgan fingerprint density at radius 3 is 2.16 bits per heavy atom. The molecule has 0 radical (unpaired) electrons. The standard InChI is InChI=1S/C15H19NO3/c1-11(2)15(14(18)19,12-7-4-3-5-8-12)13(17)16-9-6-10-16/h3-5,7-8,11H,6,9-10H2,1-2H3,(H,18,19). The molecule has 1 unspecified atom stereocenters. The molecule has 102 valence electrons. The number of hydrogen-bond acceptors (Lipinski definition) is 2. The van der Waals surface area contributed by atoms with Crippen LogP contribution >= 0.6 is 0 Å². The summed E-state index contributed by atoms with van der Waals surface area (Å²) >= 11 is 0. The van der Waals surface area contributed by atoms with Gasteiger partial charge in [-0.1, -0.05) is 44.2 Å². The van der Waals surface area contributed by atoms with Gasteiger partial charge in [-0.25, -0.2) is 0 Å². The van der Waals surface area contributed by atoms with Gasteiger partial charge < -0.3 is 10.0 Å². The average molecular weight is 261 g/mol. The van der Waals surface area contributed by atoms with E-state index >= 15 is 0 Å². The second-order valence-electron chi connectivity index (χ2n) is 5.28. The highest BCUT2D eigenvalue weighted by Gasteiger charge is 2.53. The van der Waals surface area contributed by atoms with Crippen molar-refractivity contribution in [2.45, 2.75) is 25.7 Å². The fourth-order valence-electron chi connectivity index (χ4n) is 2.64. The Morgan fingerprint density at radius 2 is 1.79 bits per heavy atom. The van der Waals surface area contributed by atoms with Gasteiger partial charge in [-0.2, -0.15) is 0 Å². The van der Waals surface area contributed by atoms with Crippen LogP contribution < -0.4 is 0 Å². The number of carbonyl (C=O) groups is 2. The van der Waals surface area contributed by atoms with E-state index in [1.165, 1.54) is 0 Å². The molecule has 2 rings (SSSR count). The summed E-state index contributed by atoms with van der Waals surface area (Å²) in [5.41, 5.74) is -0.906. The average Bonchev–Trinajstić information content (AvgIpc) is 2.27. The highest BCUT2D eigenvalue weighted by Crippen LogP contribution is 2.36. The molecule has 1 N–H and O–H groups in total. The van der Waals surface area contributed by atoms with Crippen molar-refractivity contribution in [1.82, 2.24) is 4.90 Å². The van der Waals surface area contributed by atoms with Gasteiger partial charge in [0, 0.05) is 13.1 Å². The first kappa shape index (κ1) is 13.6. The Morgan fingerprint density at radius 1 is 1.21 bits per heavy atom. The highest BCUT2D eigenvalue weighted by molar-refractivity contribution is 6.08. The van der Waals surface area contributed by atoms with E-state index in [-0.39, 0.29) is 11.8 Å². The number of nitrogens with zero attached hydrogens (tertiary/aromatic N) is 1. The summed E-state index contributed by atoms with van der Waals surface area (Å²) in [4.78, 5) is 26.2. The van der Waals surface area contributed by atoms with Crippen molar-refractivity contribution in [3.8, 4) is 0 Å². The van der Waals surface area contributed by atoms with Crippen LogP contribution in [0.3, 0.4) is 0 Å². The lowest BCUT2D eigenvalue weighted by Gasteiger charge is -2.41. The molecule has 0 spiro atoms. The third kappa shape index (κ3) is 2.01. The fraction of sp³-hybridized carbons (Fsp3) is 0.467. The number of carboxylic acid groups (broad SMARTS) is 1. The topological polar surface area (TPSA) is 57.6 Å². The molecule has 1 aromatic rings. The molecular formula is C15H19NO3. The minimum Gasteiger partial charge on any atom is -0.480 e. The number of aliphatic carboxylic acids is 1. The molecule has 0 aromatic heterocycles. The van der Waals surface area contributed by atoms with Crippen LogP contribution in [-0.2, 0) is 15.0 Å². The molecule has 0 bridgehead atoms. The van der Waals surface area contributed by atoms with E-state index in [4.69, 9.17) is 0 Å². The van der Waals surface area contributed by atoms with E-state index in [0.29, 0.717) is 18.7 Å². The van der Waals surface area contributed by atoms with Gasteiger partial charge in [0.1, 0.15) is 0 Å². The first-order valence-corrected chi connectivity index (χ1v) is 6.59. The van der Waals surface area contributed by atoms with Gasteiger partial charge in [-0.3, -0.25) is 9.59 Å². The zero-order chi connectivity index (χ0) is 14.0. The molecule has 0 saturated carbocycles. The first-order valence-electron chi connectivity index (χ1n) is 6.59. The second kappa shape index (κ2) is 5.03. The second-order valence-corrected chi connectivity index (χ2v) is 5.28. The highest BCUT2D eigenvalue weighted by atomic mass is 16.4. The van der Waals surface area contributed by atoms with Crippen molar-refractivity contribution in [1.29, 1.82) is 0 Å². The van der Waals surface area contributed by atoms with Gasteiger partial charge in [-0.05, 0) is 17.9 Å². The molecular weight excluding hydrogens is 242 g/mol. The largest absolute Gasteiger partial charge is 0.480 e. The maximum Gasteiger partial charge on any atom is 0.324 e. The van der Waals surface area contributed by atoms with Gasteiger partial charge in [-0.15, -0.1) is 0 Å². The maximum atomic E-state index is 12.7. The van der Waals surface area contributed by atoms with E-state index in [0.717, 1.165) is 6.42 Å². The monoisotopic (exact) mass is 261 g/mol. The molecule has 1 atom stereocenters. The summed E-state index contributed by atoms with van der Waals surface area (Å²) in [5, 5.41) is 9.74. The lowest BCUT2D eigenvalue weighted by atomic mass is 9.70. The lowest BCUT2D eigenvalue weighted by Crippen LogP contribution is -2.58. The van der Waals surface area contributed by atoms with Crippen molar-refractivity contribution < 1.29 is 14.7 Å². The number of amides is 1. The van der Waals surface area contributed by atoms with Crippen molar-refractivity contribution >= 4 is 11.9 Å². The van der Waals surface area contributed by atoms with Crippen LogP contribution in [0.1, 0.15) is 25.8 Å². The van der Waals surface area contributed by atoms with E-state index in [2.05, 4.69) is 0 Å². The molecule has 4 nitrogen and oxygen atoms in total. The van der Waals surface area contributed by atoms with Gasteiger partial charge in [0.2, 0.25) is 5.91 Å². The third-order valence-corrected chi connectivity index (χ3v) is 3.91. The summed E-state index contributed by atoms with van der Waals surface area (Å²) in [5.74, 6) is -1.65. The molecule has 4 heteroatoms. The molecule has 1 amide bonds. The van der Waals surface area contributed by atoms with E-state index in [1.807, 2.05) is 6.07 Å². The molecule has 1 saturated heterocycles. The van der Waals surface area contributed by atoms with E-state index in [9.17, 15) is 14.7 Å². The summed E-state index contributed by atoms with van der Waals surface area (Å²) < 4.78 is 0. The van der Waals surface area contributed by atoms with E-state index < -0.39 is 11.4 Å². The zero-order valence-electron chi connectivity index (χ0n) is 11.3. The van der Waals surface area contributed by atoms with Gasteiger partial charge in [0.25, 0.3) is 0 Å². The fourth-order valence-corrected chi connectivity index (χ4v) is 2.64. The predicted molar refractivity (Wildman–Crippen MR) is 71.8 cm³/mol. The van der Waals surface area contributed by atoms with Crippen LogP contribution in [0.2, 0.25) is 0 Å². The van der Waals surface area contributed by atoms with Gasteiger partial charge >= 0.3 is 5.97 Å². The van der Waals surface area contributed by atoms with E-state index in [1.54, 1.807) is 43.0 Å². The number of carboxylic acids is 1. The lowest BCUT2D eigenvalue weighted by molar-refractivity contribution is -0.158. The maximum absolute atomic E-state index is 12.7. The molecule has 1 aliphatic heterocycles. The van der Waals surface area contributed by atoms with Crippen LogP contribution in [0.5, 0.6) is 0 Å². The van der Waals surface area contributed by atoms with Crippen molar-refractivity contribution in [3.05, 3.63) is 35.9 Å². The normalized spacial score (nSPS) is 17.7. The Hall–Kier alpha value is -1.84. The molecule has 1 aliphatic rings. The van der Waals surface area contributed by atoms with Crippen molar-refractivity contribution in [2.24, 2.45) is 5.92 Å². The quantitative estimate of drug-likeness (QED) is 0.842. The summed E-state index contributed by atoms with van der Waals surface area (Å²) in [6.45, 7) is 4.90. The Balaban J connectivity index is 2.54. The predicted octanol–water partition coefficient (Wildman–Crippen LogP) is 1.90. The van der Waals surface area contributed by atoms with Crippen LogP contribution in [0, 0.1) is 5.92 Å². The number of rotatable bonds is 4. The van der Waals surface area contributed by atoms with Crippen LogP contribution in [0.4, 0.5) is 0 Å². The zero-order valence-corrected chi connectivity index (χ0v) is 11.3. The third-order valence-electron chi connectivity index (χ3n) is 3.91. The van der Waals surface area contributed by atoms with Crippen LogP contribution in [0.25, 0.3) is 0 Å². The molecule has 1 aromatic carbocycles. The number of hydrogen-bond donors (Lipinski definition) is 1. The van der Waals surface area contributed by atoms with Crippen molar-refractivity contribution in [3.63, 3.8) is 0 Å². The van der Waals surface area contributed by atoms with Crippen LogP contribution in [-0.4, -0.2) is 35.0 Å². The SMILES string of the molecule is CC(C)C(C(=O)O)(C(=O)N1CCC1)c1ccccc1. The molecule has 1 fully saturated rings. The number of likely N-dealkylation sites (tertiary alicyclic amines) is 1. The minimum atomic E-state index is -1.47. The first-order chi connectivity index (χ1) is 9.01. The van der Waals surface area contributed by atoms with Crippen molar-refractivity contribution in [2.75, 3.05) is 13.1 Å². The summed E-state index contributed by atoms with van der Waals surface area (Å²) in [6, 6.07) is 8.83. The number of benzene rings is 1. The Labute approximate surface area is 113 Å². The summed E-state index contributed by atoms with van der Waals surface area (Å²) in [7, 11) is 0.